The molecule has 0 bridgehead atoms. The van der Waals surface area contributed by atoms with E-state index >= 15 is 0 Å². The number of aromatic nitrogens is 2. The number of hydrogen-bond acceptors (Lipinski definition) is 5. The molecule has 0 spiro atoms. The summed E-state index contributed by atoms with van der Waals surface area (Å²) in [7, 11) is 0. The van der Waals surface area contributed by atoms with Crippen molar-refractivity contribution < 1.29 is 9.53 Å². The number of ether oxygens (including phenoxy) is 1. The molecule has 5 nitrogen and oxygen atoms in total. The van der Waals surface area contributed by atoms with Gasteiger partial charge in [0, 0.05) is 17.3 Å². The summed E-state index contributed by atoms with van der Waals surface area (Å²) in [5, 5.41) is 3.37. The molecule has 1 N–H and O–H groups in total. The third-order valence-electron chi connectivity index (χ3n) is 2.57. The largest absolute Gasteiger partial charge is 0.456 e. The topological polar surface area (TPSA) is 64.1 Å². The molecule has 0 fully saturated rings. The first-order valence-corrected chi connectivity index (χ1v) is 7.62. The number of nitrogens with one attached hydrogen (secondary N) is 1. The molecule has 0 aliphatic carbocycles. The molecule has 0 saturated heterocycles. The van der Waals surface area contributed by atoms with Crippen LogP contribution in [-0.2, 0) is 0 Å². The van der Waals surface area contributed by atoms with Crippen molar-refractivity contribution in [2.24, 2.45) is 0 Å². The van der Waals surface area contributed by atoms with E-state index in [4.69, 9.17) is 4.74 Å². The first kappa shape index (κ1) is 15.3. The molecule has 21 heavy (non-hydrogen) atoms. The van der Waals surface area contributed by atoms with Crippen LogP contribution >= 0.6 is 11.8 Å². The lowest BCUT2D eigenvalue weighted by Gasteiger charge is -2.08. The van der Waals surface area contributed by atoms with Crippen molar-refractivity contribution in [3.63, 3.8) is 0 Å². The summed E-state index contributed by atoms with van der Waals surface area (Å²) in [5.41, 5.74) is 1.44. The second-order valence-corrected chi connectivity index (χ2v) is 5.45. The molecule has 0 aliphatic heterocycles. The van der Waals surface area contributed by atoms with Crippen molar-refractivity contribution in [3.05, 3.63) is 47.7 Å². The van der Waals surface area contributed by atoms with E-state index in [9.17, 15) is 4.79 Å². The lowest BCUT2D eigenvalue weighted by Crippen LogP contribution is -2.27. The summed E-state index contributed by atoms with van der Waals surface area (Å²) in [6, 6.07) is 10.7. The number of rotatable bonds is 6. The van der Waals surface area contributed by atoms with Gasteiger partial charge in [-0.25, -0.2) is 4.98 Å². The number of hydrogen-bond donors (Lipinski definition) is 1. The number of benzene rings is 1. The third kappa shape index (κ3) is 4.75. The van der Waals surface area contributed by atoms with Crippen molar-refractivity contribution in [1.29, 1.82) is 0 Å². The van der Waals surface area contributed by atoms with Crippen molar-refractivity contribution >= 4 is 17.7 Å². The molecule has 2 aromatic rings. The van der Waals surface area contributed by atoms with Gasteiger partial charge in [0.1, 0.15) is 0 Å². The first-order valence-electron chi connectivity index (χ1n) is 6.63. The molecule has 0 saturated carbocycles. The molecule has 1 aromatic heterocycles. The highest BCUT2D eigenvalue weighted by Gasteiger charge is 2.06. The minimum absolute atomic E-state index is 0.0699. The van der Waals surface area contributed by atoms with E-state index in [1.807, 2.05) is 32.0 Å². The quantitative estimate of drug-likeness (QED) is 0.505. The van der Waals surface area contributed by atoms with Gasteiger partial charge in [0.15, 0.2) is 11.9 Å². The molecule has 110 valence electrons. The first-order chi connectivity index (χ1) is 10.2. The predicted octanol–water partition coefficient (Wildman–Crippen LogP) is 2.66. The van der Waals surface area contributed by atoms with Gasteiger partial charge in [-0.2, -0.15) is 4.98 Å². The molecule has 6 heteroatoms. The fourth-order valence-corrected chi connectivity index (χ4v) is 2.27. The number of carbonyl (C=O) groups excluding carboxylic acids is 1. The highest BCUT2D eigenvalue weighted by atomic mass is 32.2. The zero-order valence-corrected chi connectivity index (χ0v) is 12.8. The summed E-state index contributed by atoms with van der Waals surface area (Å²) >= 11 is 1.55. The Morgan fingerprint density at radius 2 is 2.05 bits per heavy atom. The van der Waals surface area contributed by atoms with Gasteiger partial charge >= 0.3 is 0 Å². The average Bonchev–Trinajstić information content (AvgIpc) is 2.48. The van der Waals surface area contributed by atoms with Crippen molar-refractivity contribution in [1.82, 2.24) is 15.3 Å². The Kier molecular flexibility index (Phi) is 5.57. The van der Waals surface area contributed by atoms with Crippen LogP contribution in [0.5, 0.6) is 5.88 Å². The Morgan fingerprint density at radius 1 is 1.29 bits per heavy atom. The summed E-state index contributed by atoms with van der Waals surface area (Å²) in [6.45, 7) is 3.99. The summed E-state index contributed by atoms with van der Waals surface area (Å²) in [4.78, 5) is 20.4. The van der Waals surface area contributed by atoms with Crippen LogP contribution in [0.1, 0.15) is 23.0 Å². The summed E-state index contributed by atoms with van der Waals surface area (Å²) < 4.78 is 5.47. The van der Waals surface area contributed by atoms with Gasteiger partial charge in [-0.05, 0) is 24.8 Å². The van der Waals surface area contributed by atoms with Gasteiger partial charge < -0.3 is 10.1 Å². The fourth-order valence-electron chi connectivity index (χ4n) is 1.65. The third-order valence-corrected chi connectivity index (χ3v) is 3.30. The molecule has 2 rings (SSSR count). The SMILES string of the molecule is CCSc1nc(C)cc(OCNC(=O)c2ccccc2)n1. The lowest BCUT2D eigenvalue weighted by atomic mass is 10.2. The lowest BCUT2D eigenvalue weighted by molar-refractivity contribution is 0.0917. The number of nitrogens with zero attached hydrogens (tertiary/aromatic N) is 2. The van der Waals surface area contributed by atoms with Crippen LogP contribution in [0, 0.1) is 6.92 Å². The molecule has 0 atom stereocenters. The van der Waals surface area contributed by atoms with Crippen molar-refractivity contribution in [2.75, 3.05) is 12.5 Å². The summed E-state index contributed by atoms with van der Waals surface area (Å²) in [6.07, 6.45) is 0. The molecular weight excluding hydrogens is 286 g/mol. The van der Waals surface area contributed by atoms with Crippen LogP contribution in [0.2, 0.25) is 0 Å². The zero-order valence-electron chi connectivity index (χ0n) is 12.0. The Morgan fingerprint density at radius 3 is 2.76 bits per heavy atom. The van der Waals surface area contributed by atoms with Crippen molar-refractivity contribution in [2.45, 2.75) is 19.0 Å². The maximum atomic E-state index is 11.8. The van der Waals surface area contributed by atoms with Crippen LogP contribution in [0.25, 0.3) is 0 Å². The van der Waals surface area contributed by atoms with Crippen LogP contribution in [0.15, 0.2) is 41.6 Å². The molecule has 1 heterocycles. The highest BCUT2D eigenvalue weighted by molar-refractivity contribution is 7.99. The van der Waals surface area contributed by atoms with Gasteiger partial charge in [0.2, 0.25) is 5.88 Å². The van der Waals surface area contributed by atoms with Gasteiger partial charge in [-0.15, -0.1) is 0 Å². The van der Waals surface area contributed by atoms with E-state index in [0.29, 0.717) is 16.6 Å². The Hall–Kier alpha value is -2.08. The van der Waals surface area contributed by atoms with E-state index in [-0.39, 0.29) is 12.6 Å². The second-order valence-electron chi connectivity index (χ2n) is 4.22. The minimum Gasteiger partial charge on any atom is -0.456 e. The highest BCUT2D eigenvalue weighted by Crippen LogP contribution is 2.17. The maximum Gasteiger partial charge on any atom is 0.253 e. The second kappa shape index (κ2) is 7.64. The normalized spacial score (nSPS) is 10.2. The predicted molar refractivity (Wildman–Crippen MR) is 82.6 cm³/mol. The smallest absolute Gasteiger partial charge is 0.253 e. The van der Waals surface area contributed by atoms with Crippen LogP contribution < -0.4 is 10.1 Å². The standard InChI is InChI=1S/C15H17N3O2S/c1-3-21-15-17-11(2)9-13(18-15)20-10-16-14(19)12-7-5-4-6-8-12/h4-9H,3,10H2,1-2H3,(H,16,19). The van der Waals surface area contributed by atoms with Crippen LogP contribution in [0.3, 0.4) is 0 Å². The van der Waals surface area contributed by atoms with Crippen LogP contribution in [0.4, 0.5) is 0 Å². The van der Waals surface area contributed by atoms with E-state index in [1.165, 1.54) is 0 Å². The van der Waals surface area contributed by atoms with E-state index in [1.54, 1.807) is 30.0 Å². The molecule has 1 amide bonds. The minimum atomic E-state index is -0.176. The monoisotopic (exact) mass is 303 g/mol. The Labute approximate surface area is 128 Å². The maximum absolute atomic E-state index is 11.8. The zero-order chi connectivity index (χ0) is 15.1. The molecule has 0 aliphatic rings. The Bertz CT molecular complexity index is 605. The van der Waals surface area contributed by atoms with Gasteiger partial charge in [-0.3, -0.25) is 4.79 Å². The number of thioether (sulfide) groups is 1. The molecule has 0 radical (unpaired) electrons. The van der Waals surface area contributed by atoms with Gasteiger partial charge in [0.05, 0.1) is 0 Å². The van der Waals surface area contributed by atoms with E-state index < -0.39 is 0 Å². The number of aryl methyl sites for hydroxylation is 1. The van der Waals surface area contributed by atoms with Crippen molar-refractivity contribution in [3.8, 4) is 5.88 Å². The van der Waals surface area contributed by atoms with Gasteiger partial charge in [0.25, 0.3) is 5.91 Å². The molecule has 0 unspecified atom stereocenters. The average molecular weight is 303 g/mol. The van der Waals surface area contributed by atoms with E-state index in [0.717, 1.165) is 11.4 Å². The number of carbonyl (C=O) groups is 1. The Balaban J connectivity index is 1.90. The van der Waals surface area contributed by atoms with E-state index in [2.05, 4.69) is 15.3 Å². The fraction of sp³-hybridized carbons (Fsp3) is 0.267. The van der Waals surface area contributed by atoms with Gasteiger partial charge in [-0.1, -0.05) is 36.9 Å². The summed E-state index contributed by atoms with van der Waals surface area (Å²) in [5.74, 6) is 1.18. The number of amides is 1. The van der Waals surface area contributed by atoms with Crippen LogP contribution in [-0.4, -0.2) is 28.4 Å². The molecular formula is C15H17N3O2S. The molecule has 1 aromatic carbocycles.